The van der Waals surface area contributed by atoms with Gasteiger partial charge in [-0.3, -0.25) is 9.59 Å². The first kappa shape index (κ1) is 16.6. The molecule has 1 N–H and O–H groups in total. The smallest absolute Gasteiger partial charge is 0.278 e. The molecule has 3 rings (SSSR count). The van der Waals surface area contributed by atoms with E-state index in [0.717, 1.165) is 16.0 Å². The van der Waals surface area contributed by atoms with E-state index < -0.39 is 0 Å². The maximum atomic E-state index is 12.3. The Balaban J connectivity index is 1.53. The van der Waals surface area contributed by atoms with E-state index >= 15 is 0 Å². The third-order valence-electron chi connectivity index (χ3n) is 3.61. The minimum Gasteiger partial charge on any atom is -0.492 e. The average Bonchev–Trinajstić information content (AvgIpc) is 2.61. The molecule has 128 valence electrons. The molecule has 1 heterocycles. The largest absolute Gasteiger partial charge is 0.492 e. The third-order valence-corrected chi connectivity index (χ3v) is 3.61. The molecule has 0 unspecified atom stereocenters. The fraction of sp³-hybridized carbons (Fsp3) is 0.222. The summed E-state index contributed by atoms with van der Waals surface area (Å²) in [5, 5.41) is 10.9. The van der Waals surface area contributed by atoms with Gasteiger partial charge in [0.25, 0.3) is 5.56 Å². The molecule has 7 heteroatoms. The van der Waals surface area contributed by atoms with E-state index in [2.05, 4.69) is 15.6 Å². The van der Waals surface area contributed by atoms with E-state index in [1.807, 2.05) is 31.2 Å². The van der Waals surface area contributed by atoms with Crippen molar-refractivity contribution in [1.82, 2.24) is 20.3 Å². The number of nitrogens with one attached hydrogen (secondary N) is 1. The van der Waals surface area contributed by atoms with Gasteiger partial charge in [-0.2, -0.15) is 0 Å². The Bertz CT molecular complexity index is 952. The third kappa shape index (κ3) is 4.20. The van der Waals surface area contributed by atoms with Crippen molar-refractivity contribution in [3.05, 3.63) is 64.4 Å². The molecular weight excluding hydrogens is 320 g/mol. The lowest BCUT2D eigenvalue weighted by Gasteiger charge is -2.09. The number of hydrogen-bond acceptors (Lipinski definition) is 5. The van der Waals surface area contributed by atoms with E-state index in [9.17, 15) is 9.59 Å². The number of hydrogen-bond donors (Lipinski definition) is 1. The molecule has 0 aliphatic rings. The summed E-state index contributed by atoms with van der Waals surface area (Å²) >= 11 is 0. The number of rotatable bonds is 6. The van der Waals surface area contributed by atoms with Crippen molar-refractivity contribution < 1.29 is 9.53 Å². The second kappa shape index (κ2) is 7.57. The number of carbonyl (C=O) groups is 1. The molecular formula is C18H18N4O3. The van der Waals surface area contributed by atoms with Crippen molar-refractivity contribution in [3.8, 4) is 5.75 Å². The van der Waals surface area contributed by atoms with Gasteiger partial charge in [-0.05, 0) is 36.8 Å². The summed E-state index contributed by atoms with van der Waals surface area (Å²) in [5.41, 5.74) is 1.28. The molecule has 7 nitrogen and oxygen atoms in total. The highest BCUT2D eigenvalue weighted by molar-refractivity contribution is 5.78. The molecule has 0 radical (unpaired) electrons. The summed E-state index contributed by atoms with van der Waals surface area (Å²) in [6.45, 7) is 2.48. The van der Waals surface area contributed by atoms with Gasteiger partial charge < -0.3 is 10.1 Å². The first-order valence-electron chi connectivity index (χ1n) is 7.92. The maximum Gasteiger partial charge on any atom is 0.278 e. The highest BCUT2D eigenvalue weighted by Gasteiger charge is 2.09. The van der Waals surface area contributed by atoms with Crippen LogP contribution in [0.25, 0.3) is 10.9 Å². The van der Waals surface area contributed by atoms with Gasteiger partial charge in [0, 0.05) is 0 Å². The standard InChI is InChI=1S/C18H18N4O3/c1-13-5-4-6-14(11-13)25-10-9-19-17(23)12-22-18(24)15-7-2-3-8-16(15)20-21-22/h2-8,11H,9-10,12H2,1H3,(H,19,23). The first-order valence-corrected chi connectivity index (χ1v) is 7.92. The van der Waals surface area contributed by atoms with Crippen LogP contribution in [0.2, 0.25) is 0 Å². The second-order valence-corrected chi connectivity index (χ2v) is 5.58. The van der Waals surface area contributed by atoms with Crippen LogP contribution in [0.4, 0.5) is 0 Å². The quantitative estimate of drug-likeness (QED) is 0.685. The van der Waals surface area contributed by atoms with Gasteiger partial charge in [0.15, 0.2) is 0 Å². The molecule has 0 fully saturated rings. The van der Waals surface area contributed by atoms with Crippen molar-refractivity contribution >= 4 is 16.8 Å². The lowest BCUT2D eigenvalue weighted by Crippen LogP contribution is -2.36. The van der Waals surface area contributed by atoms with Crippen LogP contribution < -0.4 is 15.6 Å². The van der Waals surface area contributed by atoms with E-state index in [1.165, 1.54) is 0 Å². The van der Waals surface area contributed by atoms with Gasteiger partial charge in [-0.15, -0.1) is 5.10 Å². The molecule has 0 atom stereocenters. The van der Waals surface area contributed by atoms with Gasteiger partial charge in [0.2, 0.25) is 5.91 Å². The second-order valence-electron chi connectivity index (χ2n) is 5.58. The van der Waals surface area contributed by atoms with Crippen LogP contribution >= 0.6 is 0 Å². The number of fused-ring (bicyclic) bond motifs is 1. The molecule has 0 saturated carbocycles. The molecule has 1 aromatic heterocycles. The number of carbonyl (C=O) groups excluding carboxylic acids is 1. The van der Waals surface area contributed by atoms with Gasteiger partial charge in [0.1, 0.15) is 24.4 Å². The van der Waals surface area contributed by atoms with Gasteiger partial charge in [-0.1, -0.05) is 29.5 Å². The molecule has 2 aromatic carbocycles. The number of aromatic nitrogens is 3. The summed E-state index contributed by atoms with van der Waals surface area (Å²) in [7, 11) is 0. The van der Waals surface area contributed by atoms with Crippen molar-refractivity contribution in [2.45, 2.75) is 13.5 Å². The van der Waals surface area contributed by atoms with Crippen LogP contribution in [0, 0.1) is 6.92 Å². The topological polar surface area (TPSA) is 86.1 Å². The zero-order chi connectivity index (χ0) is 17.6. The normalized spacial score (nSPS) is 10.6. The number of ether oxygens (including phenoxy) is 1. The lowest BCUT2D eigenvalue weighted by atomic mass is 10.2. The minimum atomic E-state index is -0.336. The minimum absolute atomic E-state index is 0.179. The first-order chi connectivity index (χ1) is 12.1. The van der Waals surface area contributed by atoms with Gasteiger partial charge in [-0.25, -0.2) is 4.68 Å². The monoisotopic (exact) mass is 338 g/mol. The Kier molecular flexibility index (Phi) is 5.03. The van der Waals surface area contributed by atoms with E-state index in [1.54, 1.807) is 24.3 Å². The highest BCUT2D eigenvalue weighted by Crippen LogP contribution is 2.11. The van der Waals surface area contributed by atoms with E-state index in [-0.39, 0.29) is 18.0 Å². The van der Waals surface area contributed by atoms with Gasteiger partial charge in [0.05, 0.1) is 11.9 Å². The fourth-order valence-electron chi connectivity index (χ4n) is 2.38. The van der Waals surface area contributed by atoms with Crippen LogP contribution in [-0.4, -0.2) is 34.1 Å². The van der Waals surface area contributed by atoms with Crippen molar-refractivity contribution in [2.75, 3.05) is 13.2 Å². The molecule has 0 aliphatic carbocycles. The van der Waals surface area contributed by atoms with Crippen molar-refractivity contribution in [2.24, 2.45) is 0 Å². The average molecular weight is 338 g/mol. The molecule has 25 heavy (non-hydrogen) atoms. The number of aryl methyl sites for hydroxylation is 1. The highest BCUT2D eigenvalue weighted by atomic mass is 16.5. The van der Waals surface area contributed by atoms with Crippen LogP contribution in [0.1, 0.15) is 5.56 Å². The molecule has 0 spiro atoms. The van der Waals surface area contributed by atoms with Crippen molar-refractivity contribution in [1.29, 1.82) is 0 Å². The van der Waals surface area contributed by atoms with Crippen LogP contribution in [-0.2, 0) is 11.3 Å². The van der Waals surface area contributed by atoms with E-state index in [4.69, 9.17) is 4.74 Å². The summed E-state index contributed by atoms with van der Waals surface area (Å²) in [6.07, 6.45) is 0. The summed E-state index contributed by atoms with van der Waals surface area (Å²) in [5.74, 6) is 0.436. The predicted octanol–water partition coefficient (Wildman–Crippen LogP) is 1.30. The Morgan fingerprint density at radius 3 is 2.88 bits per heavy atom. The lowest BCUT2D eigenvalue weighted by molar-refractivity contribution is -0.122. The zero-order valence-corrected chi connectivity index (χ0v) is 13.8. The Labute approximate surface area is 144 Å². The predicted molar refractivity (Wildman–Crippen MR) is 93.5 cm³/mol. The molecule has 0 bridgehead atoms. The fourth-order valence-corrected chi connectivity index (χ4v) is 2.38. The molecule has 1 amide bonds. The molecule has 0 saturated heterocycles. The SMILES string of the molecule is Cc1cccc(OCCNC(=O)Cn2nnc3ccccc3c2=O)c1. The number of amides is 1. The number of benzene rings is 2. The maximum absolute atomic E-state index is 12.3. The van der Waals surface area contributed by atoms with Gasteiger partial charge >= 0.3 is 0 Å². The number of nitrogens with zero attached hydrogens (tertiary/aromatic N) is 3. The summed E-state index contributed by atoms with van der Waals surface area (Å²) < 4.78 is 6.61. The van der Waals surface area contributed by atoms with Crippen LogP contribution in [0.3, 0.4) is 0 Å². The molecule has 0 aliphatic heterocycles. The van der Waals surface area contributed by atoms with Crippen molar-refractivity contribution in [3.63, 3.8) is 0 Å². The Morgan fingerprint density at radius 1 is 1.20 bits per heavy atom. The van der Waals surface area contributed by atoms with E-state index in [0.29, 0.717) is 24.1 Å². The molecule has 3 aromatic rings. The Morgan fingerprint density at radius 2 is 2.04 bits per heavy atom. The van der Waals surface area contributed by atoms with Crippen LogP contribution in [0.15, 0.2) is 53.3 Å². The van der Waals surface area contributed by atoms with Crippen LogP contribution in [0.5, 0.6) is 5.75 Å². The zero-order valence-electron chi connectivity index (χ0n) is 13.8. The Hall–Kier alpha value is -3.22. The summed E-state index contributed by atoms with van der Waals surface area (Å²) in [4.78, 5) is 24.2. The summed E-state index contributed by atoms with van der Waals surface area (Å²) in [6, 6.07) is 14.6.